The van der Waals surface area contributed by atoms with E-state index < -0.39 is 17.3 Å². The zero-order valence-corrected chi connectivity index (χ0v) is 6.99. The number of hydrogen-bond donors (Lipinski definition) is 1. The van der Waals surface area contributed by atoms with Gasteiger partial charge in [0.1, 0.15) is 5.41 Å². The summed E-state index contributed by atoms with van der Waals surface area (Å²) in [5, 5.41) is 0. The third-order valence-electron chi connectivity index (χ3n) is 3.42. The molecule has 2 fully saturated rings. The van der Waals surface area contributed by atoms with Crippen LogP contribution in [0.2, 0.25) is 0 Å². The van der Waals surface area contributed by atoms with Crippen LogP contribution in [0.4, 0.5) is 17.6 Å². The van der Waals surface area contributed by atoms with E-state index >= 15 is 0 Å². The molecular formula is C8H11F4N. The summed E-state index contributed by atoms with van der Waals surface area (Å²) in [6.07, 6.45) is 0.276. The zero-order valence-electron chi connectivity index (χ0n) is 6.99. The van der Waals surface area contributed by atoms with Crippen LogP contribution in [-0.2, 0) is 0 Å². The minimum absolute atomic E-state index is 0.145. The van der Waals surface area contributed by atoms with E-state index in [0.29, 0.717) is 0 Å². The Labute approximate surface area is 73.3 Å². The first kappa shape index (κ1) is 9.24. The standard InChI is InChI=1S/C8H11F4N/c9-7(10)6(8(7,11)12)3-1-5(13)2-4-6/h5H,1-4,13H2. The molecule has 0 aromatic heterocycles. The Morgan fingerprint density at radius 1 is 0.923 bits per heavy atom. The molecule has 0 heterocycles. The Balaban J connectivity index is 2.18. The fourth-order valence-electron chi connectivity index (χ4n) is 2.28. The van der Waals surface area contributed by atoms with Crippen molar-refractivity contribution in [2.24, 2.45) is 11.1 Å². The Kier molecular flexibility index (Phi) is 1.56. The van der Waals surface area contributed by atoms with E-state index in [4.69, 9.17) is 5.73 Å². The van der Waals surface area contributed by atoms with Crippen LogP contribution < -0.4 is 5.73 Å². The highest BCUT2D eigenvalue weighted by atomic mass is 19.3. The molecule has 2 rings (SSSR count). The lowest BCUT2D eigenvalue weighted by Gasteiger charge is -2.24. The summed E-state index contributed by atoms with van der Waals surface area (Å²) >= 11 is 0. The molecule has 1 nitrogen and oxygen atoms in total. The fourth-order valence-corrected chi connectivity index (χ4v) is 2.28. The molecule has 0 amide bonds. The van der Waals surface area contributed by atoms with Gasteiger partial charge in [0.05, 0.1) is 0 Å². The van der Waals surface area contributed by atoms with Gasteiger partial charge in [-0.15, -0.1) is 0 Å². The summed E-state index contributed by atoms with van der Waals surface area (Å²) in [4.78, 5) is 0. The molecule has 0 aromatic rings. The molecule has 0 aliphatic heterocycles. The van der Waals surface area contributed by atoms with E-state index in [9.17, 15) is 17.6 Å². The Hall–Kier alpha value is -0.320. The van der Waals surface area contributed by atoms with E-state index in [2.05, 4.69) is 0 Å². The first-order valence-corrected chi connectivity index (χ1v) is 4.36. The summed E-state index contributed by atoms with van der Waals surface area (Å²) < 4.78 is 51.1. The van der Waals surface area contributed by atoms with Gasteiger partial charge in [-0.3, -0.25) is 0 Å². The van der Waals surface area contributed by atoms with Crippen LogP contribution in [0, 0.1) is 5.41 Å². The Morgan fingerprint density at radius 2 is 1.31 bits per heavy atom. The van der Waals surface area contributed by atoms with Gasteiger partial charge in [0, 0.05) is 6.04 Å². The molecule has 76 valence electrons. The fraction of sp³-hybridized carbons (Fsp3) is 1.00. The molecule has 2 N–H and O–H groups in total. The van der Waals surface area contributed by atoms with E-state index in [-0.39, 0.29) is 31.7 Å². The number of hydrogen-bond acceptors (Lipinski definition) is 1. The van der Waals surface area contributed by atoms with E-state index in [1.807, 2.05) is 0 Å². The first-order chi connectivity index (χ1) is 5.85. The summed E-state index contributed by atoms with van der Waals surface area (Å²) in [6, 6.07) is -0.183. The van der Waals surface area contributed by atoms with Crippen LogP contribution in [0.3, 0.4) is 0 Å². The summed E-state index contributed by atoms with van der Waals surface area (Å²) in [7, 11) is 0. The summed E-state index contributed by atoms with van der Waals surface area (Å²) in [6.45, 7) is 0. The van der Waals surface area contributed by atoms with Crippen molar-refractivity contribution in [1.29, 1.82) is 0 Å². The number of alkyl halides is 4. The molecule has 2 aliphatic rings. The largest absolute Gasteiger partial charge is 0.328 e. The Morgan fingerprint density at radius 3 is 1.62 bits per heavy atom. The van der Waals surface area contributed by atoms with Gasteiger partial charge in [-0.2, -0.15) is 17.6 Å². The van der Waals surface area contributed by atoms with Crippen LogP contribution >= 0.6 is 0 Å². The molecule has 5 heteroatoms. The topological polar surface area (TPSA) is 26.0 Å². The van der Waals surface area contributed by atoms with Gasteiger partial charge in [-0.05, 0) is 25.7 Å². The molecule has 0 radical (unpaired) electrons. The van der Waals surface area contributed by atoms with Gasteiger partial charge in [0.25, 0.3) is 0 Å². The van der Waals surface area contributed by atoms with Gasteiger partial charge < -0.3 is 5.73 Å². The molecule has 2 saturated carbocycles. The van der Waals surface area contributed by atoms with Crippen molar-refractivity contribution in [2.45, 2.75) is 43.6 Å². The average molecular weight is 197 g/mol. The van der Waals surface area contributed by atoms with Crippen molar-refractivity contribution in [3.05, 3.63) is 0 Å². The predicted octanol–water partition coefficient (Wildman–Crippen LogP) is 2.16. The third-order valence-corrected chi connectivity index (χ3v) is 3.42. The monoisotopic (exact) mass is 197 g/mol. The van der Waals surface area contributed by atoms with Gasteiger partial charge in [0.2, 0.25) is 0 Å². The number of rotatable bonds is 0. The maximum atomic E-state index is 12.8. The molecule has 0 bridgehead atoms. The maximum absolute atomic E-state index is 12.8. The lowest BCUT2D eigenvalue weighted by molar-refractivity contribution is -0.0278. The van der Waals surface area contributed by atoms with Crippen molar-refractivity contribution in [3.63, 3.8) is 0 Å². The van der Waals surface area contributed by atoms with Gasteiger partial charge in [-0.25, -0.2) is 0 Å². The number of nitrogens with two attached hydrogens (primary N) is 1. The van der Waals surface area contributed by atoms with E-state index in [1.54, 1.807) is 0 Å². The molecule has 0 unspecified atom stereocenters. The second-order valence-electron chi connectivity index (χ2n) is 4.07. The van der Waals surface area contributed by atoms with Crippen LogP contribution in [-0.4, -0.2) is 17.9 Å². The van der Waals surface area contributed by atoms with Gasteiger partial charge in [-0.1, -0.05) is 0 Å². The van der Waals surface area contributed by atoms with E-state index in [0.717, 1.165) is 0 Å². The minimum Gasteiger partial charge on any atom is -0.328 e. The minimum atomic E-state index is -3.79. The van der Waals surface area contributed by atoms with Crippen molar-refractivity contribution in [3.8, 4) is 0 Å². The highest BCUT2D eigenvalue weighted by molar-refractivity contribution is 5.26. The van der Waals surface area contributed by atoms with Crippen LogP contribution in [0.25, 0.3) is 0 Å². The number of halogens is 4. The summed E-state index contributed by atoms with van der Waals surface area (Å²) in [5.41, 5.74) is 3.43. The Bertz CT molecular complexity index is 214. The van der Waals surface area contributed by atoms with Crippen LogP contribution in [0.5, 0.6) is 0 Å². The average Bonchev–Trinajstić information content (AvgIpc) is 2.35. The van der Waals surface area contributed by atoms with Crippen molar-refractivity contribution < 1.29 is 17.6 Å². The van der Waals surface area contributed by atoms with Crippen LogP contribution in [0.15, 0.2) is 0 Å². The zero-order chi connectivity index (χ0) is 9.91. The maximum Gasteiger partial charge on any atom is 0.322 e. The SMILES string of the molecule is NC1CCC2(CC1)C(F)(F)C2(F)F. The van der Waals surface area contributed by atoms with Crippen molar-refractivity contribution in [1.82, 2.24) is 0 Å². The highest BCUT2D eigenvalue weighted by Crippen LogP contribution is 2.77. The predicted molar refractivity (Wildman–Crippen MR) is 38.8 cm³/mol. The first-order valence-electron chi connectivity index (χ1n) is 4.36. The second kappa shape index (κ2) is 2.19. The lowest BCUT2D eigenvalue weighted by Crippen LogP contribution is -2.30. The van der Waals surface area contributed by atoms with Crippen LogP contribution in [0.1, 0.15) is 25.7 Å². The van der Waals surface area contributed by atoms with E-state index in [1.165, 1.54) is 0 Å². The van der Waals surface area contributed by atoms with Crippen molar-refractivity contribution >= 4 is 0 Å². The normalized spacial score (nSPS) is 34.8. The molecule has 2 aliphatic carbocycles. The third kappa shape index (κ3) is 0.813. The summed E-state index contributed by atoms with van der Waals surface area (Å²) in [5.74, 6) is -7.58. The quantitative estimate of drug-likeness (QED) is 0.591. The molecule has 0 atom stereocenters. The molecule has 0 saturated heterocycles. The molecular weight excluding hydrogens is 186 g/mol. The smallest absolute Gasteiger partial charge is 0.322 e. The lowest BCUT2D eigenvalue weighted by atomic mass is 9.83. The second-order valence-corrected chi connectivity index (χ2v) is 4.07. The van der Waals surface area contributed by atoms with Crippen molar-refractivity contribution in [2.75, 3.05) is 0 Å². The molecule has 0 aromatic carbocycles. The van der Waals surface area contributed by atoms with Gasteiger partial charge >= 0.3 is 11.8 Å². The molecule has 13 heavy (non-hydrogen) atoms. The van der Waals surface area contributed by atoms with Gasteiger partial charge in [0.15, 0.2) is 0 Å². The highest BCUT2D eigenvalue weighted by Gasteiger charge is 2.94. The molecule has 1 spiro atoms.